The molecule has 1 atom stereocenters. The Morgan fingerprint density at radius 1 is 1.29 bits per heavy atom. The molecule has 2 nitrogen and oxygen atoms in total. The fourth-order valence-electron chi connectivity index (χ4n) is 1.68. The maximum Gasteiger partial charge on any atom is 0.195 e. The maximum absolute atomic E-state index is 13.5. The van der Waals surface area contributed by atoms with Crippen molar-refractivity contribution in [2.45, 2.75) is 26.9 Å². The Kier molecular flexibility index (Phi) is 3.98. The van der Waals surface area contributed by atoms with Crippen LogP contribution in [0.4, 0.5) is 8.78 Å². The third kappa shape index (κ3) is 3.09. The Balaban J connectivity index is 3.11. The number of hydrogen-bond acceptors (Lipinski definition) is 2. The standard InChI is InChI=1S/C13H16F2O2/c1-13(2,3)12(17-4)11(16)9-6-5-8(14)7-10(9)15/h5-7,12H,1-4H3. The van der Waals surface area contributed by atoms with Gasteiger partial charge in [-0.05, 0) is 17.5 Å². The van der Waals surface area contributed by atoms with Crippen molar-refractivity contribution in [1.82, 2.24) is 0 Å². The zero-order valence-electron chi connectivity index (χ0n) is 10.4. The van der Waals surface area contributed by atoms with Gasteiger partial charge in [0.2, 0.25) is 0 Å². The molecule has 0 spiro atoms. The first kappa shape index (κ1) is 13.8. The van der Waals surface area contributed by atoms with Crippen molar-refractivity contribution >= 4 is 5.78 Å². The van der Waals surface area contributed by atoms with E-state index in [1.54, 1.807) is 0 Å². The van der Waals surface area contributed by atoms with Gasteiger partial charge in [-0.15, -0.1) is 0 Å². The summed E-state index contributed by atoms with van der Waals surface area (Å²) in [6.07, 6.45) is -0.762. The normalized spacial score (nSPS) is 13.5. The van der Waals surface area contributed by atoms with Crippen molar-refractivity contribution in [1.29, 1.82) is 0 Å². The number of halogens is 2. The van der Waals surface area contributed by atoms with E-state index < -0.39 is 28.9 Å². The Morgan fingerprint density at radius 2 is 1.88 bits per heavy atom. The van der Waals surface area contributed by atoms with Crippen LogP contribution in [0.25, 0.3) is 0 Å². The predicted molar refractivity (Wildman–Crippen MR) is 60.9 cm³/mol. The molecule has 4 heteroatoms. The van der Waals surface area contributed by atoms with Gasteiger partial charge in [-0.3, -0.25) is 4.79 Å². The van der Waals surface area contributed by atoms with E-state index in [1.807, 2.05) is 20.8 Å². The summed E-state index contributed by atoms with van der Waals surface area (Å²) < 4.78 is 31.3. The molecule has 0 N–H and O–H groups in total. The van der Waals surface area contributed by atoms with Gasteiger partial charge in [-0.2, -0.15) is 0 Å². The van der Waals surface area contributed by atoms with Crippen LogP contribution in [0.15, 0.2) is 18.2 Å². The van der Waals surface area contributed by atoms with E-state index in [0.29, 0.717) is 6.07 Å². The number of methoxy groups -OCH3 is 1. The summed E-state index contributed by atoms with van der Waals surface area (Å²) >= 11 is 0. The average molecular weight is 242 g/mol. The lowest BCUT2D eigenvalue weighted by atomic mass is 9.84. The quantitative estimate of drug-likeness (QED) is 0.761. The highest BCUT2D eigenvalue weighted by atomic mass is 19.1. The molecule has 1 aromatic rings. The number of ether oxygens (including phenoxy) is 1. The molecule has 0 aliphatic carbocycles. The molecule has 17 heavy (non-hydrogen) atoms. The van der Waals surface area contributed by atoms with E-state index in [9.17, 15) is 13.6 Å². The van der Waals surface area contributed by atoms with Crippen LogP contribution in [-0.4, -0.2) is 19.0 Å². The van der Waals surface area contributed by atoms with Gasteiger partial charge in [-0.25, -0.2) is 8.78 Å². The number of carbonyl (C=O) groups is 1. The molecule has 0 bridgehead atoms. The SMILES string of the molecule is COC(C(=O)c1ccc(F)cc1F)C(C)(C)C. The number of Topliss-reactive ketones (excluding diaryl/α,β-unsaturated/α-hetero) is 1. The average Bonchev–Trinajstić information content (AvgIpc) is 2.15. The molecule has 0 amide bonds. The summed E-state index contributed by atoms with van der Waals surface area (Å²) in [6, 6.07) is 2.90. The van der Waals surface area contributed by atoms with Crippen LogP contribution in [0.3, 0.4) is 0 Å². The number of rotatable bonds is 3. The molecular weight excluding hydrogens is 226 g/mol. The molecule has 0 saturated carbocycles. The Bertz CT molecular complexity index is 422. The van der Waals surface area contributed by atoms with Crippen LogP contribution in [0, 0.1) is 17.0 Å². The van der Waals surface area contributed by atoms with Crippen molar-refractivity contribution in [2.75, 3.05) is 7.11 Å². The van der Waals surface area contributed by atoms with Gasteiger partial charge in [0.1, 0.15) is 17.7 Å². The summed E-state index contributed by atoms with van der Waals surface area (Å²) in [5.41, 5.74) is -0.597. The predicted octanol–water partition coefficient (Wildman–Crippen LogP) is 3.21. The second kappa shape index (κ2) is 4.92. The minimum absolute atomic E-state index is 0.145. The van der Waals surface area contributed by atoms with E-state index in [1.165, 1.54) is 7.11 Å². The maximum atomic E-state index is 13.5. The molecule has 0 aromatic heterocycles. The summed E-state index contributed by atoms with van der Waals surface area (Å²) in [5.74, 6) is -2.04. The molecule has 0 heterocycles. The largest absolute Gasteiger partial charge is 0.373 e. The van der Waals surface area contributed by atoms with E-state index >= 15 is 0 Å². The number of carbonyl (C=O) groups excluding carboxylic acids is 1. The monoisotopic (exact) mass is 242 g/mol. The molecule has 94 valence electrons. The van der Waals surface area contributed by atoms with Crippen molar-refractivity contribution in [2.24, 2.45) is 5.41 Å². The van der Waals surface area contributed by atoms with Crippen LogP contribution in [0.1, 0.15) is 31.1 Å². The van der Waals surface area contributed by atoms with Gasteiger partial charge < -0.3 is 4.74 Å². The topological polar surface area (TPSA) is 26.3 Å². The Morgan fingerprint density at radius 3 is 2.29 bits per heavy atom. The minimum Gasteiger partial charge on any atom is -0.373 e. The molecule has 1 aromatic carbocycles. The van der Waals surface area contributed by atoms with Crippen molar-refractivity contribution < 1.29 is 18.3 Å². The second-order valence-corrected chi connectivity index (χ2v) is 4.97. The smallest absolute Gasteiger partial charge is 0.195 e. The van der Waals surface area contributed by atoms with Gasteiger partial charge in [0.05, 0.1) is 5.56 Å². The third-order valence-electron chi connectivity index (χ3n) is 2.46. The van der Waals surface area contributed by atoms with Crippen molar-refractivity contribution in [3.05, 3.63) is 35.4 Å². The first-order valence-corrected chi connectivity index (χ1v) is 5.29. The zero-order chi connectivity index (χ0) is 13.2. The van der Waals surface area contributed by atoms with E-state index in [2.05, 4.69) is 0 Å². The fourth-order valence-corrected chi connectivity index (χ4v) is 1.68. The first-order valence-electron chi connectivity index (χ1n) is 5.29. The first-order chi connectivity index (χ1) is 7.77. The number of ketones is 1. The molecule has 1 rings (SSSR count). The van der Waals surface area contributed by atoms with Crippen molar-refractivity contribution in [3.8, 4) is 0 Å². The van der Waals surface area contributed by atoms with Crippen molar-refractivity contribution in [3.63, 3.8) is 0 Å². The lowest BCUT2D eigenvalue weighted by Gasteiger charge is -2.28. The lowest BCUT2D eigenvalue weighted by molar-refractivity contribution is 0.0192. The zero-order valence-corrected chi connectivity index (χ0v) is 10.4. The molecule has 0 radical (unpaired) electrons. The molecule has 0 saturated heterocycles. The fraction of sp³-hybridized carbons (Fsp3) is 0.462. The molecule has 0 aliphatic heterocycles. The summed E-state index contributed by atoms with van der Waals surface area (Å²) in [6.45, 7) is 5.46. The minimum atomic E-state index is -0.860. The van der Waals surface area contributed by atoms with Crippen LogP contribution in [0.2, 0.25) is 0 Å². The van der Waals surface area contributed by atoms with Gasteiger partial charge in [0, 0.05) is 13.2 Å². The number of hydrogen-bond donors (Lipinski definition) is 0. The Hall–Kier alpha value is -1.29. The highest BCUT2D eigenvalue weighted by Gasteiger charge is 2.33. The van der Waals surface area contributed by atoms with Crippen LogP contribution >= 0.6 is 0 Å². The highest BCUT2D eigenvalue weighted by molar-refractivity contribution is 6.00. The van der Waals surface area contributed by atoms with E-state index in [4.69, 9.17) is 4.74 Å². The molecule has 1 unspecified atom stereocenters. The van der Waals surface area contributed by atoms with Gasteiger partial charge >= 0.3 is 0 Å². The lowest BCUT2D eigenvalue weighted by Crippen LogP contribution is -2.36. The summed E-state index contributed by atoms with van der Waals surface area (Å²) in [5, 5.41) is 0. The molecule has 0 aliphatic rings. The van der Waals surface area contributed by atoms with Crippen LogP contribution < -0.4 is 0 Å². The van der Waals surface area contributed by atoms with Crippen LogP contribution in [-0.2, 0) is 4.74 Å². The summed E-state index contributed by atoms with van der Waals surface area (Å²) in [7, 11) is 1.40. The second-order valence-electron chi connectivity index (χ2n) is 4.97. The molecular formula is C13H16F2O2. The van der Waals surface area contributed by atoms with Gasteiger partial charge in [-0.1, -0.05) is 20.8 Å². The number of benzene rings is 1. The molecule has 0 fully saturated rings. The van der Waals surface area contributed by atoms with Crippen LogP contribution in [0.5, 0.6) is 0 Å². The summed E-state index contributed by atoms with van der Waals surface area (Å²) in [4.78, 5) is 12.1. The van der Waals surface area contributed by atoms with Gasteiger partial charge in [0.15, 0.2) is 5.78 Å². The third-order valence-corrected chi connectivity index (χ3v) is 2.46. The van der Waals surface area contributed by atoms with Gasteiger partial charge in [0.25, 0.3) is 0 Å². The van der Waals surface area contributed by atoms with E-state index in [-0.39, 0.29) is 5.56 Å². The van der Waals surface area contributed by atoms with E-state index in [0.717, 1.165) is 12.1 Å². The highest BCUT2D eigenvalue weighted by Crippen LogP contribution is 2.26. The Labute approximate surface area is 99.6 Å².